The van der Waals surface area contributed by atoms with Gasteiger partial charge in [-0.2, -0.15) is 0 Å². The molecule has 0 bridgehead atoms. The van der Waals surface area contributed by atoms with Crippen molar-refractivity contribution in [3.8, 4) is 0 Å². The van der Waals surface area contributed by atoms with Crippen LogP contribution >= 0.6 is 0 Å². The summed E-state index contributed by atoms with van der Waals surface area (Å²) in [4.78, 5) is 25.8. The van der Waals surface area contributed by atoms with Gasteiger partial charge < -0.3 is 20.1 Å². The first-order valence-electron chi connectivity index (χ1n) is 7.35. The van der Waals surface area contributed by atoms with Crippen molar-refractivity contribution in [2.75, 3.05) is 13.1 Å². The number of hydrogen-bond donors (Lipinski definition) is 1. The minimum Gasteiger partial charge on any atom is -0.460 e. The van der Waals surface area contributed by atoms with Crippen LogP contribution in [-0.4, -0.2) is 47.3 Å². The van der Waals surface area contributed by atoms with E-state index >= 15 is 0 Å². The van der Waals surface area contributed by atoms with E-state index in [9.17, 15) is 9.59 Å². The molecule has 1 aliphatic heterocycles. The fraction of sp³-hybridized carbons (Fsp3) is 0.867. The van der Waals surface area contributed by atoms with Gasteiger partial charge in [0.15, 0.2) is 0 Å². The highest BCUT2D eigenvalue weighted by molar-refractivity contribution is 5.76. The van der Waals surface area contributed by atoms with Crippen molar-refractivity contribution in [3.05, 3.63) is 0 Å². The summed E-state index contributed by atoms with van der Waals surface area (Å²) in [5.74, 6) is -0.867. The van der Waals surface area contributed by atoms with E-state index in [1.54, 1.807) is 0 Å². The van der Waals surface area contributed by atoms with Gasteiger partial charge in [0.1, 0.15) is 11.2 Å². The van der Waals surface area contributed by atoms with Crippen LogP contribution in [-0.2, 0) is 14.3 Å². The molecule has 2 atom stereocenters. The van der Waals surface area contributed by atoms with E-state index in [-0.39, 0.29) is 18.6 Å². The molecule has 6 nitrogen and oxygen atoms in total. The van der Waals surface area contributed by atoms with Crippen molar-refractivity contribution in [1.82, 2.24) is 4.90 Å². The van der Waals surface area contributed by atoms with Gasteiger partial charge in [0.25, 0.3) is 0 Å². The van der Waals surface area contributed by atoms with Crippen LogP contribution in [0.4, 0.5) is 4.79 Å². The minimum atomic E-state index is -0.564. The van der Waals surface area contributed by atoms with Crippen LogP contribution in [0.3, 0.4) is 0 Å². The first kappa shape index (κ1) is 17.8. The number of amides is 1. The summed E-state index contributed by atoms with van der Waals surface area (Å²) >= 11 is 0. The zero-order valence-corrected chi connectivity index (χ0v) is 13.9. The fourth-order valence-corrected chi connectivity index (χ4v) is 2.09. The molecule has 6 heteroatoms. The summed E-state index contributed by atoms with van der Waals surface area (Å²) in [7, 11) is 0. The molecule has 1 amide bonds. The van der Waals surface area contributed by atoms with Gasteiger partial charge in [-0.3, -0.25) is 4.79 Å². The minimum absolute atomic E-state index is 0.241. The molecular weight excluding hydrogens is 272 g/mol. The lowest BCUT2D eigenvalue weighted by Crippen LogP contribution is -2.53. The number of ether oxygens (including phenoxy) is 2. The zero-order valence-electron chi connectivity index (χ0n) is 13.9. The lowest BCUT2D eigenvalue weighted by molar-refractivity contribution is -0.162. The number of hydrogen-bond acceptors (Lipinski definition) is 5. The van der Waals surface area contributed by atoms with Crippen molar-refractivity contribution in [3.63, 3.8) is 0 Å². The molecular formula is C15H28N2O4. The predicted octanol–water partition coefficient (Wildman–Crippen LogP) is 1.91. The van der Waals surface area contributed by atoms with Gasteiger partial charge >= 0.3 is 12.1 Å². The maximum Gasteiger partial charge on any atom is 0.410 e. The summed E-state index contributed by atoms with van der Waals surface area (Å²) in [6, 6.07) is -0.293. The highest BCUT2D eigenvalue weighted by Crippen LogP contribution is 2.22. The topological polar surface area (TPSA) is 81.9 Å². The van der Waals surface area contributed by atoms with Crippen LogP contribution in [0.25, 0.3) is 0 Å². The second-order valence-corrected chi connectivity index (χ2v) is 7.52. The van der Waals surface area contributed by atoms with Crippen LogP contribution < -0.4 is 5.73 Å². The average Bonchev–Trinajstić information content (AvgIpc) is 2.24. The number of carbonyl (C=O) groups excluding carboxylic acids is 2. The van der Waals surface area contributed by atoms with Gasteiger partial charge in [0, 0.05) is 19.1 Å². The SMILES string of the molecule is CC(C)(C)OC(=O)[C@@H]1CN(C(=O)OC(C)(C)C)CC[C@@H]1N. The van der Waals surface area contributed by atoms with Gasteiger partial charge in [-0.05, 0) is 48.0 Å². The van der Waals surface area contributed by atoms with E-state index < -0.39 is 23.2 Å². The molecule has 1 fully saturated rings. The first-order chi connectivity index (χ1) is 9.39. The largest absolute Gasteiger partial charge is 0.460 e. The Morgan fingerprint density at radius 3 is 2.05 bits per heavy atom. The number of nitrogens with two attached hydrogens (primary N) is 1. The van der Waals surface area contributed by atoms with Gasteiger partial charge in [-0.25, -0.2) is 4.79 Å². The van der Waals surface area contributed by atoms with Crippen LogP contribution in [0.1, 0.15) is 48.0 Å². The number of likely N-dealkylation sites (tertiary alicyclic amines) is 1. The van der Waals surface area contributed by atoms with E-state index in [1.165, 1.54) is 4.90 Å². The van der Waals surface area contributed by atoms with Gasteiger partial charge in [0.2, 0.25) is 0 Å². The molecule has 0 unspecified atom stereocenters. The van der Waals surface area contributed by atoms with Crippen LogP contribution in [0.5, 0.6) is 0 Å². The number of carbonyl (C=O) groups is 2. The molecule has 1 heterocycles. The molecule has 1 aliphatic rings. The molecule has 122 valence electrons. The summed E-state index contributed by atoms with van der Waals surface area (Å²) in [5.41, 5.74) is 4.89. The van der Waals surface area contributed by atoms with E-state index in [4.69, 9.17) is 15.2 Å². The quantitative estimate of drug-likeness (QED) is 0.748. The molecule has 2 N–H and O–H groups in total. The van der Waals surface area contributed by atoms with Gasteiger partial charge in [-0.15, -0.1) is 0 Å². The summed E-state index contributed by atoms with van der Waals surface area (Å²) in [6.07, 6.45) is 0.145. The summed E-state index contributed by atoms with van der Waals surface area (Å²) in [6.45, 7) is 11.6. The van der Waals surface area contributed by atoms with E-state index in [2.05, 4.69) is 0 Å². The lowest BCUT2D eigenvalue weighted by Gasteiger charge is -2.37. The molecule has 1 saturated heterocycles. The van der Waals surface area contributed by atoms with Crippen molar-refractivity contribution >= 4 is 12.1 Å². The zero-order chi connectivity index (χ0) is 16.4. The van der Waals surface area contributed by atoms with E-state index in [1.807, 2.05) is 41.5 Å². The smallest absolute Gasteiger partial charge is 0.410 e. The number of esters is 1. The van der Waals surface area contributed by atoms with E-state index in [0.717, 1.165) is 0 Å². The van der Waals surface area contributed by atoms with Gasteiger partial charge in [-0.1, -0.05) is 0 Å². The normalized spacial score (nSPS) is 23.7. The van der Waals surface area contributed by atoms with Crippen LogP contribution in [0, 0.1) is 5.92 Å². The Morgan fingerprint density at radius 2 is 1.57 bits per heavy atom. The predicted molar refractivity (Wildman–Crippen MR) is 79.7 cm³/mol. The van der Waals surface area contributed by atoms with Crippen molar-refractivity contribution < 1.29 is 19.1 Å². The highest BCUT2D eigenvalue weighted by Gasteiger charge is 2.37. The Labute approximate surface area is 126 Å². The molecule has 0 aromatic rings. The Hall–Kier alpha value is -1.30. The Bertz CT molecular complexity index is 395. The Kier molecular flexibility index (Phi) is 5.25. The Morgan fingerprint density at radius 1 is 1.05 bits per heavy atom. The molecule has 1 rings (SSSR count). The maximum absolute atomic E-state index is 12.2. The third-order valence-electron chi connectivity index (χ3n) is 3.03. The monoisotopic (exact) mass is 300 g/mol. The Balaban J connectivity index is 2.70. The average molecular weight is 300 g/mol. The van der Waals surface area contributed by atoms with Crippen LogP contribution in [0.15, 0.2) is 0 Å². The maximum atomic E-state index is 12.2. The first-order valence-corrected chi connectivity index (χ1v) is 7.35. The summed E-state index contributed by atoms with van der Waals surface area (Å²) in [5, 5.41) is 0. The van der Waals surface area contributed by atoms with Crippen molar-refractivity contribution in [2.45, 2.75) is 65.2 Å². The third kappa shape index (κ3) is 5.91. The lowest BCUT2D eigenvalue weighted by atomic mass is 9.93. The number of piperidine rings is 1. The second-order valence-electron chi connectivity index (χ2n) is 7.52. The number of nitrogens with zero attached hydrogens (tertiary/aromatic N) is 1. The molecule has 0 aromatic heterocycles. The van der Waals surface area contributed by atoms with Gasteiger partial charge in [0.05, 0.1) is 5.92 Å². The highest BCUT2D eigenvalue weighted by atomic mass is 16.6. The molecule has 0 saturated carbocycles. The number of rotatable bonds is 1. The fourth-order valence-electron chi connectivity index (χ4n) is 2.09. The van der Waals surface area contributed by atoms with Crippen molar-refractivity contribution in [1.29, 1.82) is 0 Å². The van der Waals surface area contributed by atoms with Crippen LogP contribution in [0.2, 0.25) is 0 Å². The summed E-state index contributed by atoms with van der Waals surface area (Å²) < 4.78 is 10.7. The standard InChI is InChI=1S/C15H28N2O4/c1-14(2,3)20-12(18)10-9-17(8-7-11(10)16)13(19)21-15(4,5)6/h10-11H,7-9,16H2,1-6H3/t10-,11+/m1/s1. The van der Waals surface area contributed by atoms with Crippen molar-refractivity contribution in [2.24, 2.45) is 11.7 Å². The third-order valence-corrected chi connectivity index (χ3v) is 3.03. The molecule has 0 radical (unpaired) electrons. The molecule has 0 aliphatic carbocycles. The molecule has 21 heavy (non-hydrogen) atoms. The molecule has 0 aromatic carbocycles. The second kappa shape index (κ2) is 6.22. The molecule has 0 spiro atoms. The van der Waals surface area contributed by atoms with E-state index in [0.29, 0.717) is 13.0 Å².